The summed E-state index contributed by atoms with van der Waals surface area (Å²) in [4.78, 5) is 8.79. The average Bonchev–Trinajstić information content (AvgIpc) is 2.85. The third-order valence-electron chi connectivity index (χ3n) is 5.49. The number of allylic oxidation sites excluding steroid dienone is 1. The molecule has 1 amide bonds. The molecule has 0 saturated heterocycles. The van der Waals surface area contributed by atoms with Crippen LogP contribution in [0.25, 0.3) is 10.8 Å². The number of hydrogen-bond donors (Lipinski definition) is 7. The Bertz CT molecular complexity index is 2220. The number of methoxy groups -OCH3 is 1. The van der Waals surface area contributed by atoms with Crippen LogP contribution in [0.1, 0.15) is 6.92 Å². The number of azo groups is 1. The number of hydrogen-bond acceptors (Lipinski definition) is 14. The van der Waals surface area contributed by atoms with Gasteiger partial charge in [-0.15, -0.1) is 10.2 Å². The van der Waals surface area contributed by atoms with E-state index in [1.165, 1.54) is 0 Å². The largest absolute Gasteiger partial charge is 0.510 e. The number of rotatable bonds is 9. The number of carbonyl (C=O) groups is 1. The fraction of sp³-hybridized carbons (Fsp3) is 0.0952. The predicted octanol–water partition coefficient (Wildman–Crippen LogP) is 1.93. The normalized spacial score (nSPS) is 13.6. The second-order valence-corrected chi connectivity index (χ2v) is 14.1. The van der Waals surface area contributed by atoms with Crippen LogP contribution in [0.4, 0.5) is 17.1 Å². The van der Waals surface area contributed by atoms with E-state index in [0.717, 1.165) is 20.1 Å². The number of fused-ring (bicyclic) bond motifs is 1. The van der Waals surface area contributed by atoms with Gasteiger partial charge >= 0.3 is 0 Å². The van der Waals surface area contributed by atoms with Crippen LogP contribution < -0.4 is 15.8 Å². The van der Waals surface area contributed by atoms with Gasteiger partial charge in [-0.1, -0.05) is 0 Å². The minimum absolute atomic E-state index is 0.222. The van der Waals surface area contributed by atoms with Crippen LogP contribution in [0.3, 0.4) is 0 Å². The summed E-state index contributed by atoms with van der Waals surface area (Å²) >= 11 is 0. The summed E-state index contributed by atoms with van der Waals surface area (Å²) in [5.41, 5.74) is 2.85. The van der Waals surface area contributed by atoms with Crippen molar-refractivity contribution in [2.45, 2.75) is 26.5 Å². The Labute approximate surface area is 248 Å². The van der Waals surface area contributed by atoms with Gasteiger partial charge < -0.3 is 20.9 Å². The van der Waals surface area contributed by atoms with E-state index < -0.39 is 105 Å². The molecule has 0 bridgehead atoms. The molecule has 8 N–H and O–H groups in total. The molecule has 238 valence electrons. The van der Waals surface area contributed by atoms with Crippen LogP contribution in [0, 0.1) is 0 Å². The molecule has 0 heterocycles. The summed E-state index contributed by atoms with van der Waals surface area (Å²) in [5.74, 6) is -2.41. The Morgan fingerprint density at radius 1 is 0.795 bits per heavy atom. The lowest BCUT2D eigenvalue weighted by Gasteiger charge is -2.13. The number of nitrogens with zero attached hydrogens (tertiary/aromatic N) is 2. The molecule has 0 aromatic heterocycles. The quantitative estimate of drug-likeness (QED) is 0.0552. The number of amides is 1. The zero-order chi connectivity index (χ0) is 33.6. The van der Waals surface area contributed by atoms with Crippen molar-refractivity contribution in [3.05, 3.63) is 47.9 Å². The number of aliphatic hydroxyl groups excluding tert-OH is 1. The van der Waals surface area contributed by atoms with Crippen LogP contribution in [-0.2, 0) is 45.3 Å². The molecule has 0 saturated carbocycles. The van der Waals surface area contributed by atoms with Crippen molar-refractivity contribution >= 4 is 74.2 Å². The third kappa shape index (κ3) is 7.45. The summed E-state index contributed by atoms with van der Waals surface area (Å²) in [7, 11) is -19.4. The first-order chi connectivity index (χ1) is 19.9. The van der Waals surface area contributed by atoms with E-state index in [1.807, 2.05) is 0 Å². The smallest absolute Gasteiger partial charge is 0.296 e. The van der Waals surface area contributed by atoms with E-state index in [9.17, 15) is 61.8 Å². The average molecular weight is 697 g/mol. The molecule has 0 radical (unpaired) electrons. The Morgan fingerprint density at radius 3 is 1.84 bits per heavy atom. The number of ether oxygens (including phenoxy) is 1. The van der Waals surface area contributed by atoms with Gasteiger partial charge in [-0.05, 0) is 42.6 Å². The lowest BCUT2D eigenvalue weighted by molar-refractivity contribution is -0.113. The number of carbonyl (C=O) groups excluding carboxylic acids is 1. The second-order valence-electron chi connectivity index (χ2n) is 8.54. The van der Waals surface area contributed by atoms with Crippen molar-refractivity contribution < 1.29 is 66.5 Å². The number of nitrogens with two attached hydrogens (primary N) is 1. The molecular formula is C21H20N4O15S4. The summed E-state index contributed by atoms with van der Waals surface area (Å²) in [6, 6.07) is 3.74. The van der Waals surface area contributed by atoms with Crippen LogP contribution in [0.15, 0.2) is 77.7 Å². The van der Waals surface area contributed by atoms with E-state index in [-0.39, 0.29) is 5.75 Å². The van der Waals surface area contributed by atoms with E-state index >= 15 is 0 Å². The SMILES string of the molecule is COc1cc(N)c(S(=O)(=O)O)cc1NC(=O)C(N=Nc1cc2c(S(=O)(=O)O)cc(S(=O)(=O)O)cc2cc1S(=O)(=O)O)=C(C)O. The highest BCUT2D eigenvalue weighted by Gasteiger charge is 2.26. The monoisotopic (exact) mass is 696 g/mol. The fourth-order valence-electron chi connectivity index (χ4n) is 3.60. The maximum Gasteiger partial charge on any atom is 0.296 e. The molecule has 3 aromatic carbocycles. The third-order valence-corrected chi connectivity index (χ3v) is 9.01. The Balaban J connectivity index is 2.23. The van der Waals surface area contributed by atoms with E-state index in [1.54, 1.807) is 0 Å². The topological polar surface area (TPSA) is 327 Å². The Hall–Kier alpha value is -4.23. The summed E-state index contributed by atoms with van der Waals surface area (Å²) in [6.07, 6.45) is 0. The molecular weight excluding hydrogens is 677 g/mol. The van der Waals surface area contributed by atoms with Crippen molar-refractivity contribution in [3.8, 4) is 5.75 Å². The van der Waals surface area contributed by atoms with Crippen LogP contribution >= 0.6 is 0 Å². The van der Waals surface area contributed by atoms with Gasteiger partial charge in [0, 0.05) is 11.5 Å². The molecule has 0 aliphatic rings. The molecule has 3 rings (SSSR count). The standard InChI is InChI=1S/C21H20N4O15S4/c1-9(26)20(21(27)23-14-8-18(43(34,35)36)13(22)7-16(14)40-2)25-24-15-6-12-10(4-19(15)44(37,38)39)3-11(41(28,29)30)5-17(12)42(31,32)33/h3-8,26H,22H2,1-2H3,(H,23,27)(H,28,29,30)(H,31,32,33)(H,34,35,36)(H,37,38,39). The van der Waals surface area contributed by atoms with Crippen molar-refractivity contribution in [2.24, 2.45) is 10.2 Å². The number of anilines is 2. The highest BCUT2D eigenvalue weighted by molar-refractivity contribution is 7.87. The van der Waals surface area contributed by atoms with Crippen molar-refractivity contribution in [1.82, 2.24) is 0 Å². The van der Waals surface area contributed by atoms with Crippen LogP contribution in [0.5, 0.6) is 5.75 Å². The fourth-order valence-corrected chi connectivity index (χ4v) is 6.21. The molecule has 0 aliphatic carbocycles. The molecule has 3 aromatic rings. The Morgan fingerprint density at radius 2 is 1.36 bits per heavy atom. The van der Waals surface area contributed by atoms with Gasteiger partial charge in [0.2, 0.25) is 0 Å². The van der Waals surface area contributed by atoms with Crippen molar-refractivity contribution in [2.75, 3.05) is 18.2 Å². The molecule has 0 spiro atoms. The van der Waals surface area contributed by atoms with Crippen LogP contribution in [0.2, 0.25) is 0 Å². The summed E-state index contributed by atoms with van der Waals surface area (Å²) in [5, 5.41) is 18.0. The van der Waals surface area contributed by atoms with Gasteiger partial charge in [0.05, 0.1) is 23.4 Å². The first-order valence-corrected chi connectivity index (χ1v) is 16.8. The summed E-state index contributed by atoms with van der Waals surface area (Å²) < 4.78 is 138. The number of benzene rings is 3. The van der Waals surface area contributed by atoms with Gasteiger partial charge in [0.1, 0.15) is 31.9 Å². The van der Waals surface area contributed by atoms with E-state index in [2.05, 4.69) is 15.5 Å². The number of nitrogens with one attached hydrogen (secondary N) is 1. The zero-order valence-corrected chi connectivity index (χ0v) is 25.2. The lowest BCUT2D eigenvalue weighted by Crippen LogP contribution is -2.16. The minimum atomic E-state index is -5.26. The van der Waals surface area contributed by atoms with Gasteiger partial charge in [-0.3, -0.25) is 23.0 Å². The first-order valence-electron chi connectivity index (χ1n) is 11.1. The molecule has 0 fully saturated rings. The Kier molecular flexibility index (Phi) is 9.11. The van der Waals surface area contributed by atoms with E-state index in [4.69, 9.17) is 10.5 Å². The molecule has 0 unspecified atom stereocenters. The van der Waals surface area contributed by atoms with Gasteiger partial charge in [0.25, 0.3) is 46.4 Å². The molecule has 0 aliphatic heterocycles. The molecule has 23 heteroatoms. The maximum atomic E-state index is 13.0. The van der Waals surface area contributed by atoms with Gasteiger partial charge in [0.15, 0.2) is 5.70 Å². The van der Waals surface area contributed by atoms with Crippen molar-refractivity contribution in [3.63, 3.8) is 0 Å². The lowest BCUT2D eigenvalue weighted by atomic mass is 10.1. The predicted molar refractivity (Wildman–Crippen MR) is 149 cm³/mol. The highest BCUT2D eigenvalue weighted by atomic mass is 32.2. The number of nitrogen functional groups attached to an aromatic ring is 1. The molecule has 0 atom stereocenters. The van der Waals surface area contributed by atoms with Gasteiger partial charge in [-0.25, -0.2) is 0 Å². The minimum Gasteiger partial charge on any atom is -0.510 e. The van der Waals surface area contributed by atoms with Crippen molar-refractivity contribution in [1.29, 1.82) is 0 Å². The zero-order valence-electron chi connectivity index (χ0n) is 21.9. The first kappa shape index (κ1) is 34.3. The van der Waals surface area contributed by atoms with E-state index in [0.29, 0.717) is 30.3 Å². The molecule has 44 heavy (non-hydrogen) atoms. The van der Waals surface area contributed by atoms with Crippen LogP contribution in [-0.4, -0.2) is 70.0 Å². The summed E-state index contributed by atoms with van der Waals surface area (Å²) in [6.45, 7) is 0.926. The maximum absolute atomic E-state index is 13.0. The molecule has 19 nitrogen and oxygen atoms in total. The second kappa shape index (κ2) is 11.7. The number of aliphatic hydroxyl groups is 1. The van der Waals surface area contributed by atoms with Gasteiger partial charge in [-0.2, -0.15) is 33.7 Å². The highest BCUT2D eigenvalue weighted by Crippen LogP contribution is 2.36.